The Labute approximate surface area is 153 Å². The average molecular weight is 375 g/mol. The molecular formula is C16H26N2S4. The van der Waals surface area contributed by atoms with E-state index in [2.05, 4.69) is 51.3 Å². The SMILES string of the molecule is CCN(CC)C(=S)C(C)=c1sc(=C(C)C(=S)N(CC)CC)s1. The first kappa shape index (κ1) is 19.7. The fourth-order valence-corrected chi connectivity index (χ4v) is 5.23. The summed E-state index contributed by atoms with van der Waals surface area (Å²) in [5.74, 6) is 0. The summed E-state index contributed by atoms with van der Waals surface area (Å²) >= 11 is 14.8. The van der Waals surface area contributed by atoms with Crippen molar-refractivity contribution in [1.82, 2.24) is 9.80 Å². The predicted molar refractivity (Wildman–Crippen MR) is 111 cm³/mol. The van der Waals surface area contributed by atoms with E-state index in [1.807, 2.05) is 22.7 Å². The van der Waals surface area contributed by atoms with Crippen molar-refractivity contribution in [3.05, 3.63) is 7.69 Å². The smallest absolute Gasteiger partial charge is 0.107 e. The van der Waals surface area contributed by atoms with Crippen LogP contribution in [0.4, 0.5) is 0 Å². The summed E-state index contributed by atoms with van der Waals surface area (Å²) in [6.45, 7) is 16.7. The third-order valence-corrected chi connectivity index (χ3v) is 7.82. The number of hydrogen-bond acceptors (Lipinski definition) is 4. The van der Waals surface area contributed by atoms with Crippen molar-refractivity contribution in [3.8, 4) is 0 Å². The van der Waals surface area contributed by atoms with Crippen molar-refractivity contribution >= 4 is 68.2 Å². The summed E-state index contributed by atoms with van der Waals surface area (Å²) in [6, 6.07) is 0. The molecule has 0 fully saturated rings. The van der Waals surface area contributed by atoms with Crippen molar-refractivity contribution < 1.29 is 0 Å². The summed E-state index contributed by atoms with van der Waals surface area (Å²) in [5, 5.41) is 0. The highest BCUT2D eigenvalue weighted by molar-refractivity contribution is 7.81. The molecule has 22 heavy (non-hydrogen) atoms. The van der Waals surface area contributed by atoms with Gasteiger partial charge in [-0.15, -0.1) is 22.7 Å². The molecule has 0 aliphatic heterocycles. The van der Waals surface area contributed by atoms with Crippen molar-refractivity contribution in [3.63, 3.8) is 0 Å². The molecule has 0 atom stereocenters. The van der Waals surface area contributed by atoms with E-state index < -0.39 is 0 Å². The van der Waals surface area contributed by atoms with Gasteiger partial charge in [0.1, 0.15) is 9.98 Å². The first-order valence-electron chi connectivity index (χ1n) is 7.77. The zero-order valence-corrected chi connectivity index (χ0v) is 17.6. The lowest BCUT2D eigenvalue weighted by Gasteiger charge is -2.23. The topological polar surface area (TPSA) is 6.48 Å². The highest BCUT2D eigenvalue weighted by Crippen LogP contribution is 2.09. The second-order valence-corrected chi connectivity index (χ2v) is 8.32. The minimum Gasteiger partial charge on any atom is -0.363 e. The van der Waals surface area contributed by atoms with Crippen LogP contribution in [0.3, 0.4) is 0 Å². The number of thiocarbonyl (C=S) groups is 2. The standard InChI is InChI=1S/C16H26N2S4/c1-7-17(8-2)13(19)11(5)15-21-16(22-15)12(6)14(20)18(9-3)10-4/h7-10H2,1-6H3. The van der Waals surface area contributed by atoms with Gasteiger partial charge in [0, 0.05) is 37.3 Å². The molecular weight excluding hydrogens is 348 g/mol. The summed E-state index contributed by atoms with van der Waals surface area (Å²) in [7, 11) is 0. The summed E-state index contributed by atoms with van der Waals surface area (Å²) < 4.78 is 2.63. The largest absolute Gasteiger partial charge is 0.363 e. The highest BCUT2D eigenvalue weighted by atomic mass is 32.2. The summed E-state index contributed by atoms with van der Waals surface area (Å²) in [6.07, 6.45) is 0. The average Bonchev–Trinajstić information content (AvgIpc) is 2.47. The van der Waals surface area contributed by atoms with Gasteiger partial charge in [0.2, 0.25) is 0 Å². The molecule has 0 unspecified atom stereocenters. The quantitative estimate of drug-likeness (QED) is 0.703. The molecule has 0 aliphatic rings. The van der Waals surface area contributed by atoms with Crippen LogP contribution in [0.1, 0.15) is 41.5 Å². The third-order valence-electron chi connectivity index (χ3n) is 3.73. The fourth-order valence-electron chi connectivity index (χ4n) is 2.15. The molecule has 0 aromatic carbocycles. The van der Waals surface area contributed by atoms with E-state index in [1.54, 1.807) is 0 Å². The van der Waals surface area contributed by atoms with Gasteiger partial charge in [-0.25, -0.2) is 0 Å². The normalized spacial score (nSPS) is 10.5. The Morgan fingerprint density at radius 1 is 0.727 bits per heavy atom. The maximum Gasteiger partial charge on any atom is 0.107 e. The Morgan fingerprint density at radius 3 is 1.23 bits per heavy atom. The van der Waals surface area contributed by atoms with Crippen LogP contribution in [-0.4, -0.2) is 46.0 Å². The van der Waals surface area contributed by atoms with E-state index in [-0.39, 0.29) is 0 Å². The van der Waals surface area contributed by atoms with E-state index in [0.29, 0.717) is 0 Å². The van der Waals surface area contributed by atoms with Gasteiger partial charge in [-0.2, -0.15) is 0 Å². The van der Waals surface area contributed by atoms with Crippen molar-refractivity contribution in [2.45, 2.75) is 41.5 Å². The van der Waals surface area contributed by atoms with Crippen LogP contribution >= 0.6 is 47.1 Å². The third kappa shape index (κ3) is 4.37. The van der Waals surface area contributed by atoms with E-state index in [9.17, 15) is 0 Å². The molecule has 0 radical (unpaired) electrons. The van der Waals surface area contributed by atoms with Gasteiger partial charge in [-0.3, -0.25) is 0 Å². The van der Waals surface area contributed by atoms with Gasteiger partial charge < -0.3 is 9.80 Å². The molecule has 0 spiro atoms. The Bertz CT molecular complexity index is 560. The van der Waals surface area contributed by atoms with Gasteiger partial charge in [-0.05, 0) is 41.5 Å². The van der Waals surface area contributed by atoms with Gasteiger partial charge in [0.15, 0.2) is 0 Å². The molecule has 0 saturated heterocycles. The molecule has 1 rings (SSSR count). The molecule has 2 nitrogen and oxygen atoms in total. The summed E-state index contributed by atoms with van der Waals surface area (Å²) in [5.41, 5.74) is 2.44. The van der Waals surface area contributed by atoms with Gasteiger partial charge in [0.05, 0.1) is 7.69 Å². The lowest BCUT2D eigenvalue weighted by Crippen LogP contribution is -2.33. The minimum atomic E-state index is 0.961. The number of hydrogen-bond donors (Lipinski definition) is 0. The highest BCUT2D eigenvalue weighted by Gasteiger charge is 2.13. The van der Waals surface area contributed by atoms with E-state index in [0.717, 1.165) is 36.2 Å². The first-order valence-corrected chi connectivity index (χ1v) is 10.2. The molecule has 1 aromatic rings. The molecule has 0 N–H and O–H groups in total. The van der Waals surface area contributed by atoms with Crippen LogP contribution in [0.2, 0.25) is 0 Å². The Balaban J connectivity index is 3.09. The second-order valence-electron chi connectivity index (χ2n) is 4.98. The van der Waals surface area contributed by atoms with Crippen molar-refractivity contribution in [1.29, 1.82) is 0 Å². The number of rotatable bonds is 6. The predicted octanol–water partition coefficient (Wildman–Crippen LogP) is 3.49. The van der Waals surface area contributed by atoms with Crippen LogP contribution in [-0.2, 0) is 0 Å². The van der Waals surface area contributed by atoms with E-state index in [1.165, 1.54) is 18.8 Å². The molecule has 0 saturated carbocycles. The summed E-state index contributed by atoms with van der Waals surface area (Å²) in [4.78, 5) is 6.41. The molecule has 0 aliphatic carbocycles. The molecule has 1 aromatic heterocycles. The van der Waals surface area contributed by atoms with Crippen LogP contribution < -0.4 is 7.69 Å². The van der Waals surface area contributed by atoms with Gasteiger partial charge in [0.25, 0.3) is 0 Å². The maximum atomic E-state index is 5.60. The van der Waals surface area contributed by atoms with Crippen LogP contribution in [0.5, 0.6) is 0 Å². The molecule has 1 heterocycles. The van der Waals surface area contributed by atoms with Crippen LogP contribution in [0, 0.1) is 0 Å². The van der Waals surface area contributed by atoms with Gasteiger partial charge >= 0.3 is 0 Å². The Kier molecular flexibility index (Phi) is 8.17. The second kappa shape index (κ2) is 9.11. The lowest BCUT2D eigenvalue weighted by atomic mass is 10.3. The van der Waals surface area contributed by atoms with Crippen LogP contribution in [0.15, 0.2) is 0 Å². The number of nitrogens with zero attached hydrogens (tertiary/aromatic N) is 2. The fraction of sp³-hybridized carbons (Fsp3) is 0.625. The first-order chi connectivity index (χ1) is 10.4. The molecule has 0 bridgehead atoms. The van der Waals surface area contributed by atoms with E-state index in [4.69, 9.17) is 24.4 Å². The minimum absolute atomic E-state index is 0.961. The molecule has 124 valence electrons. The Hall–Kier alpha value is -0.300. The zero-order valence-electron chi connectivity index (χ0n) is 14.4. The van der Waals surface area contributed by atoms with E-state index >= 15 is 0 Å². The monoisotopic (exact) mass is 374 g/mol. The molecule has 6 heteroatoms. The maximum absolute atomic E-state index is 5.60. The van der Waals surface area contributed by atoms with Crippen LogP contribution in [0.25, 0.3) is 11.1 Å². The zero-order chi connectivity index (χ0) is 16.9. The van der Waals surface area contributed by atoms with Crippen molar-refractivity contribution in [2.24, 2.45) is 0 Å². The van der Waals surface area contributed by atoms with Crippen molar-refractivity contribution in [2.75, 3.05) is 26.2 Å². The van der Waals surface area contributed by atoms with Gasteiger partial charge in [-0.1, -0.05) is 24.4 Å². The lowest BCUT2D eigenvalue weighted by molar-refractivity contribution is 0.477. The Morgan fingerprint density at radius 2 is 1.00 bits per heavy atom. The molecule has 0 amide bonds.